The van der Waals surface area contributed by atoms with Crippen LogP contribution in [0.25, 0.3) is 0 Å². The minimum Gasteiger partial charge on any atom is -0.493 e. The van der Waals surface area contributed by atoms with Crippen molar-refractivity contribution < 1.29 is 28.4 Å². The summed E-state index contributed by atoms with van der Waals surface area (Å²) in [5.41, 5.74) is 1.11. The smallest absolute Gasteiger partial charge is 0.203 e. The summed E-state index contributed by atoms with van der Waals surface area (Å²) >= 11 is 0. The third-order valence-corrected chi connectivity index (χ3v) is 9.53. The Hall–Kier alpha value is -4.28. The predicted molar refractivity (Wildman–Crippen MR) is 185 cm³/mol. The van der Waals surface area contributed by atoms with Crippen molar-refractivity contribution in [2.45, 2.75) is 31.0 Å². The summed E-state index contributed by atoms with van der Waals surface area (Å²) in [4.78, 5) is 5.19. The molecule has 3 aliphatic heterocycles. The monoisotopic (exact) mass is 646 g/mol. The van der Waals surface area contributed by atoms with E-state index in [-0.39, 0.29) is 0 Å². The van der Waals surface area contributed by atoms with E-state index in [2.05, 4.69) is 58.6 Å². The summed E-state index contributed by atoms with van der Waals surface area (Å²) in [6.07, 6.45) is 16.7. The van der Waals surface area contributed by atoms with Gasteiger partial charge in [0.25, 0.3) is 0 Å². The van der Waals surface area contributed by atoms with Crippen molar-refractivity contribution in [3.63, 3.8) is 0 Å². The molecule has 254 valence electrons. The number of benzene rings is 2. The van der Waals surface area contributed by atoms with E-state index in [1.165, 1.54) is 0 Å². The standard InChI is InChI=1S/C37H50N4O6/c1-26(2)29-23-40(24-36(13-9-11-15-38-36)27-19-30(42-3)34(46-7)31(20-27)43-4)17-18-41(29)25-37(14-10-12-16-39-37)28-21-32(44-5)35(47-8)33(22-28)45-6/h9-16,19-22,26,29,38-39H,17-18,23-25H2,1-8H3/t29-,36?,37?/m1/s1. The molecule has 0 spiro atoms. The molecule has 3 aliphatic rings. The summed E-state index contributed by atoms with van der Waals surface area (Å²) < 4.78 is 34.2. The van der Waals surface area contributed by atoms with Crippen LogP contribution in [0.15, 0.2) is 73.1 Å². The van der Waals surface area contributed by atoms with E-state index >= 15 is 0 Å². The third-order valence-electron chi connectivity index (χ3n) is 9.53. The molecule has 2 aromatic rings. The van der Waals surface area contributed by atoms with E-state index in [0.717, 1.165) is 43.9 Å². The topological polar surface area (TPSA) is 85.9 Å². The lowest BCUT2D eigenvalue weighted by molar-refractivity contribution is 0.0269. The molecule has 0 aliphatic carbocycles. The molecule has 10 heteroatoms. The third kappa shape index (κ3) is 6.75. The molecule has 3 atom stereocenters. The number of ether oxygens (including phenoxy) is 6. The first-order valence-electron chi connectivity index (χ1n) is 16.1. The first-order chi connectivity index (χ1) is 22.8. The lowest BCUT2D eigenvalue weighted by atomic mass is 9.84. The maximum atomic E-state index is 5.74. The quantitative estimate of drug-likeness (QED) is 0.316. The molecule has 1 saturated heterocycles. The molecule has 0 amide bonds. The van der Waals surface area contributed by atoms with E-state index in [4.69, 9.17) is 28.4 Å². The normalized spacial score (nSPS) is 24.1. The second-order valence-corrected chi connectivity index (χ2v) is 12.5. The molecule has 5 rings (SSSR count). The van der Waals surface area contributed by atoms with Gasteiger partial charge in [-0.2, -0.15) is 0 Å². The van der Waals surface area contributed by atoms with Gasteiger partial charge in [-0.05, 0) is 65.9 Å². The number of methoxy groups -OCH3 is 6. The van der Waals surface area contributed by atoms with Gasteiger partial charge in [0, 0.05) is 38.8 Å². The van der Waals surface area contributed by atoms with Crippen LogP contribution in [0.2, 0.25) is 0 Å². The molecule has 3 heterocycles. The summed E-state index contributed by atoms with van der Waals surface area (Å²) in [6, 6.07) is 8.50. The van der Waals surface area contributed by atoms with Crippen molar-refractivity contribution in [3.05, 3.63) is 84.2 Å². The molecule has 10 nitrogen and oxygen atoms in total. The summed E-state index contributed by atoms with van der Waals surface area (Å²) in [6.45, 7) is 8.87. The van der Waals surface area contributed by atoms with Gasteiger partial charge < -0.3 is 39.1 Å². The number of allylic oxidation sites excluding steroid dienone is 4. The second kappa shape index (κ2) is 14.6. The van der Waals surface area contributed by atoms with Crippen molar-refractivity contribution in [2.75, 3.05) is 75.4 Å². The van der Waals surface area contributed by atoms with Gasteiger partial charge in [0.2, 0.25) is 11.5 Å². The van der Waals surface area contributed by atoms with Gasteiger partial charge in [-0.15, -0.1) is 0 Å². The van der Waals surface area contributed by atoms with Crippen LogP contribution < -0.4 is 39.1 Å². The van der Waals surface area contributed by atoms with E-state index in [1.807, 2.05) is 48.8 Å². The van der Waals surface area contributed by atoms with Crippen LogP contribution in [0.1, 0.15) is 25.0 Å². The van der Waals surface area contributed by atoms with Gasteiger partial charge in [0.1, 0.15) is 0 Å². The average Bonchev–Trinajstić information content (AvgIpc) is 3.11. The Bertz CT molecular complexity index is 1470. The van der Waals surface area contributed by atoms with E-state index in [0.29, 0.717) is 46.5 Å². The lowest BCUT2D eigenvalue weighted by Gasteiger charge is -2.49. The highest BCUT2D eigenvalue weighted by Crippen LogP contribution is 2.44. The van der Waals surface area contributed by atoms with Crippen molar-refractivity contribution in [1.82, 2.24) is 20.4 Å². The zero-order chi connectivity index (χ0) is 33.6. The van der Waals surface area contributed by atoms with Crippen molar-refractivity contribution in [3.8, 4) is 34.5 Å². The summed E-state index contributed by atoms with van der Waals surface area (Å²) in [7, 11) is 9.88. The molecule has 0 saturated carbocycles. The fourth-order valence-electron chi connectivity index (χ4n) is 7.01. The van der Waals surface area contributed by atoms with Gasteiger partial charge in [0.05, 0.1) is 53.7 Å². The zero-order valence-electron chi connectivity index (χ0n) is 29.0. The first kappa shape index (κ1) is 34.1. The number of hydrogen-bond acceptors (Lipinski definition) is 10. The predicted octanol–water partition coefficient (Wildman–Crippen LogP) is 4.82. The van der Waals surface area contributed by atoms with Crippen molar-refractivity contribution >= 4 is 0 Å². The molecule has 2 unspecified atom stereocenters. The van der Waals surface area contributed by atoms with Gasteiger partial charge >= 0.3 is 0 Å². The minimum absolute atomic E-state index is 0.309. The summed E-state index contributed by atoms with van der Waals surface area (Å²) in [5, 5.41) is 7.38. The number of nitrogens with zero attached hydrogens (tertiary/aromatic N) is 2. The first-order valence-corrected chi connectivity index (χ1v) is 16.1. The highest BCUT2D eigenvalue weighted by molar-refractivity contribution is 5.57. The number of rotatable bonds is 13. The van der Waals surface area contributed by atoms with E-state index in [9.17, 15) is 0 Å². The molecule has 0 bridgehead atoms. The molecular weight excluding hydrogens is 596 g/mol. The molecule has 2 aromatic carbocycles. The number of hydrogen-bond donors (Lipinski definition) is 2. The van der Waals surface area contributed by atoms with Crippen LogP contribution in [-0.2, 0) is 11.1 Å². The minimum atomic E-state index is -0.493. The van der Waals surface area contributed by atoms with Crippen LogP contribution >= 0.6 is 0 Å². The highest BCUT2D eigenvalue weighted by Gasteiger charge is 2.41. The largest absolute Gasteiger partial charge is 0.493 e. The van der Waals surface area contributed by atoms with Gasteiger partial charge in [-0.3, -0.25) is 9.80 Å². The summed E-state index contributed by atoms with van der Waals surface area (Å²) in [5.74, 6) is 4.12. The second-order valence-electron chi connectivity index (χ2n) is 12.5. The zero-order valence-corrected chi connectivity index (χ0v) is 29.0. The molecule has 47 heavy (non-hydrogen) atoms. The fourth-order valence-corrected chi connectivity index (χ4v) is 7.01. The van der Waals surface area contributed by atoms with Crippen LogP contribution in [0, 0.1) is 5.92 Å². The van der Waals surface area contributed by atoms with Crippen LogP contribution in [0.3, 0.4) is 0 Å². The molecule has 2 N–H and O–H groups in total. The van der Waals surface area contributed by atoms with Crippen LogP contribution in [0.5, 0.6) is 34.5 Å². The Morgan fingerprint density at radius 1 is 0.638 bits per heavy atom. The maximum absolute atomic E-state index is 5.74. The maximum Gasteiger partial charge on any atom is 0.203 e. The molecular formula is C37H50N4O6. The SMILES string of the molecule is COc1cc(C2(CN3CCN(CC4(c5cc(OC)c(OC)c(OC)c5)C=CC=CN4)[C@@H](C(C)C)C3)C=CC=CN2)cc(OC)c1OC. The molecule has 0 radical (unpaired) electrons. The van der Waals surface area contributed by atoms with E-state index < -0.39 is 11.1 Å². The van der Waals surface area contributed by atoms with E-state index in [1.54, 1.807) is 42.7 Å². The van der Waals surface area contributed by atoms with Gasteiger partial charge in [-0.1, -0.05) is 38.2 Å². The molecule has 1 fully saturated rings. The number of nitrogens with one attached hydrogen (secondary N) is 2. The highest BCUT2D eigenvalue weighted by atomic mass is 16.5. The van der Waals surface area contributed by atoms with Crippen molar-refractivity contribution in [1.29, 1.82) is 0 Å². The Labute approximate surface area is 279 Å². The van der Waals surface area contributed by atoms with Crippen LogP contribution in [-0.4, -0.2) is 91.2 Å². The Morgan fingerprint density at radius 2 is 1.09 bits per heavy atom. The average molecular weight is 647 g/mol. The van der Waals surface area contributed by atoms with Gasteiger partial charge in [0.15, 0.2) is 23.0 Å². The fraction of sp³-hybridized carbons (Fsp3) is 0.459. The van der Waals surface area contributed by atoms with Gasteiger partial charge in [-0.25, -0.2) is 0 Å². The number of piperazine rings is 1. The Kier molecular flexibility index (Phi) is 10.6. The Morgan fingerprint density at radius 3 is 1.45 bits per heavy atom. The van der Waals surface area contributed by atoms with Crippen molar-refractivity contribution in [2.24, 2.45) is 5.92 Å². The Balaban J connectivity index is 1.44. The lowest BCUT2D eigenvalue weighted by Crippen LogP contribution is -2.62. The van der Waals surface area contributed by atoms with Crippen LogP contribution in [0.4, 0.5) is 0 Å². The number of dihydropyridines is 2. The molecule has 0 aromatic heterocycles.